The van der Waals surface area contributed by atoms with Crippen LogP contribution in [0.4, 0.5) is 5.13 Å². The van der Waals surface area contributed by atoms with E-state index in [9.17, 15) is 4.79 Å². The molecule has 0 amide bonds. The highest BCUT2D eigenvalue weighted by Gasteiger charge is 2.37. The van der Waals surface area contributed by atoms with Crippen LogP contribution in [0.2, 0.25) is 0 Å². The molecule has 6 heteroatoms. The molecule has 118 valence electrons. The van der Waals surface area contributed by atoms with Crippen LogP contribution in [-0.4, -0.2) is 27.2 Å². The molecule has 0 N–H and O–H groups in total. The first-order chi connectivity index (χ1) is 10.8. The molecular formula is C16H22N4OS. The summed E-state index contributed by atoms with van der Waals surface area (Å²) in [6.07, 6.45) is 8.44. The number of aryl methyl sites for hydroxylation is 1. The Hall–Kier alpha value is -1.43. The number of hydrogen-bond acceptors (Lipinski definition) is 5. The van der Waals surface area contributed by atoms with Gasteiger partial charge in [-0.25, -0.2) is 4.98 Å². The highest BCUT2D eigenvalue weighted by atomic mass is 32.1. The topological polar surface area (TPSA) is 50.5 Å². The van der Waals surface area contributed by atoms with Gasteiger partial charge in [-0.05, 0) is 31.6 Å². The molecular weight excluding hydrogens is 296 g/mol. The van der Waals surface area contributed by atoms with Crippen molar-refractivity contribution in [1.82, 2.24) is 14.6 Å². The summed E-state index contributed by atoms with van der Waals surface area (Å²) in [4.78, 5) is 20.0. The summed E-state index contributed by atoms with van der Waals surface area (Å²) in [5.41, 5.74) is 0.843. The maximum atomic E-state index is 12.2. The van der Waals surface area contributed by atoms with Crippen LogP contribution < -0.4 is 10.5 Å². The Labute approximate surface area is 134 Å². The number of nitrogens with zero attached hydrogens (tertiary/aromatic N) is 4. The SMILES string of the molecule is CCCc1cc(=O)n2nc(N3CCC4CCCCC43)sc2n1. The van der Waals surface area contributed by atoms with E-state index in [-0.39, 0.29) is 5.56 Å². The Balaban J connectivity index is 1.70. The van der Waals surface area contributed by atoms with Gasteiger partial charge in [0.05, 0.1) is 0 Å². The second kappa shape index (κ2) is 5.65. The molecule has 2 aromatic heterocycles. The zero-order valence-corrected chi connectivity index (χ0v) is 13.8. The van der Waals surface area contributed by atoms with Gasteiger partial charge in [-0.15, -0.1) is 5.10 Å². The number of anilines is 1. The van der Waals surface area contributed by atoms with Crippen molar-refractivity contribution in [1.29, 1.82) is 0 Å². The molecule has 1 saturated carbocycles. The predicted molar refractivity (Wildman–Crippen MR) is 88.8 cm³/mol. The zero-order valence-electron chi connectivity index (χ0n) is 13.0. The summed E-state index contributed by atoms with van der Waals surface area (Å²) in [7, 11) is 0. The molecule has 2 fully saturated rings. The second-order valence-electron chi connectivity index (χ2n) is 6.51. The van der Waals surface area contributed by atoms with Crippen LogP contribution >= 0.6 is 11.3 Å². The first kappa shape index (κ1) is 14.2. The van der Waals surface area contributed by atoms with Gasteiger partial charge in [0.25, 0.3) is 5.56 Å². The molecule has 3 heterocycles. The number of aromatic nitrogens is 3. The van der Waals surface area contributed by atoms with Gasteiger partial charge in [0, 0.05) is 24.3 Å². The van der Waals surface area contributed by atoms with Crippen LogP contribution in [0.1, 0.15) is 51.1 Å². The fourth-order valence-corrected chi connectivity index (χ4v) is 5.00. The molecule has 0 radical (unpaired) electrons. The Morgan fingerprint density at radius 2 is 2.18 bits per heavy atom. The van der Waals surface area contributed by atoms with Gasteiger partial charge in [0.2, 0.25) is 10.1 Å². The van der Waals surface area contributed by atoms with Crippen LogP contribution in [0, 0.1) is 5.92 Å². The predicted octanol–water partition coefficient (Wildman–Crippen LogP) is 2.87. The van der Waals surface area contributed by atoms with Crippen LogP contribution in [0.5, 0.6) is 0 Å². The van der Waals surface area contributed by atoms with Gasteiger partial charge in [0.15, 0.2) is 0 Å². The summed E-state index contributed by atoms with van der Waals surface area (Å²) in [6, 6.07) is 2.26. The third-order valence-electron chi connectivity index (χ3n) is 5.05. The molecule has 0 aromatic carbocycles. The summed E-state index contributed by atoms with van der Waals surface area (Å²) >= 11 is 1.57. The van der Waals surface area contributed by atoms with E-state index in [2.05, 4.69) is 21.9 Å². The lowest BCUT2D eigenvalue weighted by Gasteiger charge is -2.31. The first-order valence-corrected chi connectivity index (χ1v) is 9.24. The van der Waals surface area contributed by atoms with Crippen LogP contribution in [-0.2, 0) is 6.42 Å². The maximum Gasteiger partial charge on any atom is 0.275 e. The Morgan fingerprint density at radius 3 is 3.05 bits per heavy atom. The van der Waals surface area contributed by atoms with Crippen molar-refractivity contribution in [2.24, 2.45) is 5.92 Å². The van der Waals surface area contributed by atoms with Crippen LogP contribution in [0.15, 0.2) is 10.9 Å². The molecule has 2 aromatic rings. The van der Waals surface area contributed by atoms with E-state index in [0.29, 0.717) is 6.04 Å². The van der Waals surface area contributed by atoms with Crippen molar-refractivity contribution in [2.45, 2.75) is 57.9 Å². The lowest BCUT2D eigenvalue weighted by Crippen LogP contribution is -2.34. The van der Waals surface area contributed by atoms with Crippen molar-refractivity contribution < 1.29 is 0 Å². The van der Waals surface area contributed by atoms with Gasteiger partial charge in [-0.2, -0.15) is 4.52 Å². The number of hydrogen-bond donors (Lipinski definition) is 0. The molecule has 2 atom stereocenters. The van der Waals surface area contributed by atoms with Crippen molar-refractivity contribution in [3.05, 3.63) is 22.1 Å². The van der Waals surface area contributed by atoms with Crippen LogP contribution in [0.25, 0.3) is 4.96 Å². The van der Waals surface area contributed by atoms with Crippen molar-refractivity contribution in [2.75, 3.05) is 11.4 Å². The van der Waals surface area contributed by atoms with Gasteiger partial charge in [-0.1, -0.05) is 37.5 Å². The molecule has 4 rings (SSSR count). The van der Waals surface area contributed by atoms with E-state index in [1.54, 1.807) is 17.4 Å². The third kappa shape index (κ3) is 2.33. The average molecular weight is 318 g/mol. The summed E-state index contributed by atoms with van der Waals surface area (Å²) < 4.78 is 1.48. The molecule has 0 spiro atoms. The number of rotatable bonds is 3. The van der Waals surface area contributed by atoms with E-state index in [4.69, 9.17) is 0 Å². The third-order valence-corrected chi connectivity index (χ3v) is 5.99. The van der Waals surface area contributed by atoms with Crippen molar-refractivity contribution >= 4 is 21.4 Å². The first-order valence-electron chi connectivity index (χ1n) is 8.42. The van der Waals surface area contributed by atoms with Gasteiger partial charge >= 0.3 is 0 Å². The highest BCUT2D eigenvalue weighted by molar-refractivity contribution is 7.20. The Kier molecular flexibility index (Phi) is 3.64. The summed E-state index contributed by atoms with van der Waals surface area (Å²) in [5.74, 6) is 0.820. The minimum atomic E-state index is -0.0460. The molecule has 2 aliphatic rings. The molecule has 5 nitrogen and oxygen atoms in total. The largest absolute Gasteiger partial charge is 0.343 e. The fourth-order valence-electron chi connectivity index (χ4n) is 3.99. The molecule has 1 aliphatic carbocycles. The van der Waals surface area contributed by atoms with Gasteiger partial charge in [0.1, 0.15) is 0 Å². The molecule has 22 heavy (non-hydrogen) atoms. The standard InChI is InChI=1S/C16H22N4OS/c1-2-5-12-10-14(21)20-15(17-12)22-16(18-20)19-9-8-11-6-3-4-7-13(11)19/h10-11,13H,2-9H2,1H3. The quantitative estimate of drug-likeness (QED) is 0.873. The average Bonchev–Trinajstić information content (AvgIpc) is 3.11. The monoisotopic (exact) mass is 318 g/mol. The van der Waals surface area contributed by atoms with E-state index in [1.807, 2.05) is 0 Å². The molecule has 1 saturated heterocycles. The van der Waals surface area contributed by atoms with Crippen molar-refractivity contribution in [3.63, 3.8) is 0 Å². The van der Waals surface area contributed by atoms with E-state index in [1.165, 1.54) is 36.6 Å². The van der Waals surface area contributed by atoms with Crippen molar-refractivity contribution in [3.8, 4) is 0 Å². The summed E-state index contributed by atoms with van der Waals surface area (Å²) in [5, 5.41) is 5.55. The van der Waals surface area contributed by atoms with E-state index in [0.717, 1.165) is 41.1 Å². The molecule has 1 aliphatic heterocycles. The fraction of sp³-hybridized carbons (Fsp3) is 0.688. The van der Waals surface area contributed by atoms with Gasteiger partial charge < -0.3 is 4.90 Å². The summed E-state index contributed by atoms with van der Waals surface area (Å²) in [6.45, 7) is 3.18. The second-order valence-corrected chi connectivity index (χ2v) is 7.44. The minimum absolute atomic E-state index is 0.0460. The van der Waals surface area contributed by atoms with Gasteiger partial charge in [-0.3, -0.25) is 4.79 Å². The molecule has 0 bridgehead atoms. The normalized spacial score (nSPS) is 24.9. The lowest BCUT2D eigenvalue weighted by atomic mass is 9.85. The van der Waals surface area contributed by atoms with E-state index >= 15 is 0 Å². The Morgan fingerprint density at radius 1 is 1.32 bits per heavy atom. The number of fused-ring (bicyclic) bond motifs is 2. The Bertz CT molecular complexity index is 737. The van der Waals surface area contributed by atoms with E-state index < -0.39 is 0 Å². The van der Waals surface area contributed by atoms with Crippen LogP contribution in [0.3, 0.4) is 0 Å². The minimum Gasteiger partial charge on any atom is -0.343 e. The highest BCUT2D eigenvalue weighted by Crippen LogP contribution is 2.39. The molecule has 2 unspecified atom stereocenters. The smallest absolute Gasteiger partial charge is 0.275 e. The lowest BCUT2D eigenvalue weighted by molar-refractivity contribution is 0.342. The zero-order chi connectivity index (χ0) is 15.1. The maximum absolute atomic E-state index is 12.2.